The Morgan fingerprint density at radius 1 is 1.75 bits per heavy atom. The fourth-order valence-electron chi connectivity index (χ4n) is 1.27. The molecule has 5 nitrogen and oxygen atoms in total. The summed E-state index contributed by atoms with van der Waals surface area (Å²) in [5, 5.41) is 8.73. The molecule has 5 heteroatoms. The Kier molecular flexibility index (Phi) is 2.21. The third kappa shape index (κ3) is 1.22. The molecule has 0 bridgehead atoms. The number of nitrogens with zero attached hydrogens (tertiary/aromatic N) is 1. The molecule has 1 fully saturated rings. The van der Waals surface area contributed by atoms with E-state index in [2.05, 4.69) is 0 Å². The molecule has 1 heterocycles. The lowest BCUT2D eigenvalue weighted by molar-refractivity contribution is -0.142. The third-order valence-corrected chi connectivity index (χ3v) is 1.96. The van der Waals surface area contributed by atoms with E-state index in [1.165, 1.54) is 7.05 Å². The highest BCUT2D eigenvalue weighted by Gasteiger charge is 2.43. The zero-order chi connectivity index (χ0) is 9.30. The third-order valence-electron chi connectivity index (χ3n) is 1.96. The predicted molar refractivity (Wildman–Crippen MR) is 39.7 cm³/mol. The Bertz CT molecular complexity index is 215. The molecular weight excluding hydrogens is 162 g/mol. The zero-order valence-electron chi connectivity index (χ0n) is 6.98. The van der Waals surface area contributed by atoms with Gasteiger partial charge in [-0.05, 0) is 6.42 Å². The monoisotopic (exact) mass is 173 g/mol. The summed E-state index contributed by atoms with van der Waals surface area (Å²) in [6.45, 7) is 1.78. The average molecular weight is 173 g/mol. The number of carbonyl (C=O) groups excluding carboxylic acids is 1. The Hall–Kier alpha value is -1.26. The fraction of sp³-hybridized carbons (Fsp3) is 0.714. The van der Waals surface area contributed by atoms with Gasteiger partial charge in [0.25, 0.3) is 0 Å². The van der Waals surface area contributed by atoms with Gasteiger partial charge in [0.1, 0.15) is 6.10 Å². The van der Waals surface area contributed by atoms with Crippen LogP contribution >= 0.6 is 0 Å². The van der Waals surface area contributed by atoms with Crippen LogP contribution in [-0.2, 0) is 9.53 Å². The quantitative estimate of drug-likeness (QED) is 0.652. The van der Waals surface area contributed by atoms with Crippen molar-refractivity contribution in [1.82, 2.24) is 4.90 Å². The molecule has 0 saturated carbocycles. The van der Waals surface area contributed by atoms with Gasteiger partial charge in [0, 0.05) is 7.05 Å². The van der Waals surface area contributed by atoms with Crippen LogP contribution in [0.15, 0.2) is 0 Å². The van der Waals surface area contributed by atoms with Crippen molar-refractivity contribution in [2.45, 2.75) is 25.5 Å². The predicted octanol–water partition coefficient (Wildman–Crippen LogP) is 0.300. The Labute approximate surface area is 69.9 Å². The van der Waals surface area contributed by atoms with Gasteiger partial charge in [-0.2, -0.15) is 0 Å². The highest BCUT2D eigenvalue weighted by molar-refractivity contribution is 5.83. The maximum atomic E-state index is 10.9. The van der Waals surface area contributed by atoms with Gasteiger partial charge in [-0.1, -0.05) is 6.92 Å². The van der Waals surface area contributed by atoms with E-state index in [-0.39, 0.29) is 0 Å². The average Bonchev–Trinajstić information content (AvgIpc) is 2.28. The van der Waals surface area contributed by atoms with Gasteiger partial charge in [-0.25, -0.2) is 9.59 Å². The number of carbonyl (C=O) groups is 2. The van der Waals surface area contributed by atoms with E-state index in [1.54, 1.807) is 6.92 Å². The second kappa shape index (κ2) is 3.00. The number of carboxylic acid groups (broad SMARTS) is 1. The van der Waals surface area contributed by atoms with E-state index in [0.717, 1.165) is 4.90 Å². The molecule has 1 N–H and O–H groups in total. The molecule has 1 amide bonds. The van der Waals surface area contributed by atoms with Gasteiger partial charge < -0.3 is 9.84 Å². The first kappa shape index (κ1) is 8.83. The first-order valence-electron chi connectivity index (χ1n) is 3.74. The molecule has 1 rings (SSSR count). The first-order valence-corrected chi connectivity index (χ1v) is 3.74. The number of aliphatic carboxylic acids is 1. The number of likely N-dealkylation sites (N-methyl/N-ethyl adjacent to an activating group) is 1. The molecule has 0 radical (unpaired) electrons. The molecule has 0 aromatic rings. The second-order valence-electron chi connectivity index (χ2n) is 2.72. The van der Waals surface area contributed by atoms with Crippen LogP contribution in [0.2, 0.25) is 0 Å². The van der Waals surface area contributed by atoms with Crippen molar-refractivity contribution in [3.05, 3.63) is 0 Å². The smallest absolute Gasteiger partial charge is 0.410 e. The Balaban J connectivity index is 2.80. The maximum absolute atomic E-state index is 10.9. The fourth-order valence-corrected chi connectivity index (χ4v) is 1.27. The first-order chi connectivity index (χ1) is 5.57. The Morgan fingerprint density at radius 2 is 2.33 bits per heavy atom. The van der Waals surface area contributed by atoms with Gasteiger partial charge in [0.15, 0.2) is 6.04 Å². The molecule has 0 aromatic heterocycles. The van der Waals surface area contributed by atoms with Gasteiger partial charge in [0.05, 0.1) is 0 Å². The lowest BCUT2D eigenvalue weighted by atomic mass is 10.1. The number of ether oxygens (including phenoxy) is 1. The van der Waals surface area contributed by atoms with Crippen LogP contribution in [0.3, 0.4) is 0 Å². The summed E-state index contributed by atoms with van der Waals surface area (Å²) < 4.78 is 4.80. The molecule has 1 aliphatic heterocycles. The Morgan fingerprint density at radius 3 is 2.67 bits per heavy atom. The normalized spacial score (nSPS) is 28.8. The van der Waals surface area contributed by atoms with Crippen molar-refractivity contribution in [3.8, 4) is 0 Å². The number of cyclic esters (lactones) is 1. The van der Waals surface area contributed by atoms with E-state index < -0.39 is 24.2 Å². The van der Waals surface area contributed by atoms with Crippen LogP contribution in [-0.4, -0.2) is 41.3 Å². The zero-order valence-corrected chi connectivity index (χ0v) is 6.98. The number of hydrogen-bond donors (Lipinski definition) is 1. The summed E-state index contributed by atoms with van der Waals surface area (Å²) in [5.74, 6) is -1.02. The molecule has 0 aromatic carbocycles. The van der Waals surface area contributed by atoms with E-state index >= 15 is 0 Å². The van der Waals surface area contributed by atoms with Gasteiger partial charge >= 0.3 is 12.1 Å². The van der Waals surface area contributed by atoms with Gasteiger partial charge in [-0.3, -0.25) is 4.90 Å². The van der Waals surface area contributed by atoms with Crippen molar-refractivity contribution < 1.29 is 19.4 Å². The van der Waals surface area contributed by atoms with E-state index in [1.807, 2.05) is 0 Å². The summed E-state index contributed by atoms with van der Waals surface area (Å²) >= 11 is 0. The SMILES string of the molecule is CCC1OC(=O)N(C)C1C(=O)O. The summed E-state index contributed by atoms with van der Waals surface area (Å²) in [6, 6.07) is -0.831. The maximum Gasteiger partial charge on any atom is 0.410 e. The number of hydrogen-bond acceptors (Lipinski definition) is 3. The lowest BCUT2D eigenvalue weighted by Crippen LogP contribution is -2.40. The van der Waals surface area contributed by atoms with Crippen LogP contribution in [0.4, 0.5) is 4.79 Å². The van der Waals surface area contributed by atoms with Crippen molar-refractivity contribution in [3.63, 3.8) is 0 Å². The standard InChI is InChI=1S/C7H11NO4/c1-3-4-5(6(9)10)8(2)7(11)12-4/h4-5H,3H2,1-2H3,(H,9,10). The molecule has 0 aliphatic carbocycles. The van der Waals surface area contributed by atoms with Crippen LogP contribution in [0, 0.1) is 0 Å². The number of carboxylic acids is 1. The topological polar surface area (TPSA) is 66.8 Å². The van der Waals surface area contributed by atoms with Crippen LogP contribution < -0.4 is 0 Å². The summed E-state index contributed by atoms with van der Waals surface area (Å²) in [6.07, 6.45) is -0.554. The minimum atomic E-state index is -1.02. The molecule has 1 saturated heterocycles. The minimum Gasteiger partial charge on any atom is -0.480 e. The molecule has 1 aliphatic rings. The summed E-state index contributed by atoms with van der Waals surface area (Å²) in [5.41, 5.74) is 0. The number of rotatable bonds is 2. The largest absolute Gasteiger partial charge is 0.480 e. The minimum absolute atomic E-state index is 0.514. The molecule has 12 heavy (non-hydrogen) atoms. The highest BCUT2D eigenvalue weighted by Crippen LogP contribution is 2.19. The van der Waals surface area contributed by atoms with Crippen LogP contribution in [0.5, 0.6) is 0 Å². The van der Waals surface area contributed by atoms with Gasteiger partial charge in [-0.15, -0.1) is 0 Å². The summed E-state index contributed by atoms with van der Waals surface area (Å²) in [4.78, 5) is 22.7. The van der Waals surface area contributed by atoms with Gasteiger partial charge in [0.2, 0.25) is 0 Å². The van der Waals surface area contributed by atoms with Crippen LogP contribution in [0.1, 0.15) is 13.3 Å². The molecular formula is C7H11NO4. The van der Waals surface area contributed by atoms with E-state index in [9.17, 15) is 9.59 Å². The van der Waals surface area contributed by atoms with Crippen LogP contribution in [0.25, 0.3) is 0 Å². The lowest BCUT2D eigenvalue weighted by Gasteiger charge is -2.14. The van der Waals surface area contributed by atoms with Crippen molar-refractivity contribution in [1.29, 1.82) is 0 Å². The van der Waals surface area contributed by atoms with Crippen molar-refractivity contribution in [2.75, 3.05) is 7.05 Å². The molecule has 2 unspecified atom stereocenters. The van der Waals surface area contributed by atoms with E-state index in [4.69, 9.17) is 9.84 Å². The number of amides is 1. The van der Waals surface area contributed by atoms with Crippen molar-refractivity contribution >= 4 is 12.1 Å². The molecule has 2 atom stereocenters. The molecule has 0 spiro atoms. The van der Waals surface area contributed by atoms with E-state index in [0.29, 0.717) is 6.42 Å². The highest BCUT2D eigenvalue weighted by atomic mass is 16.6. The molecule has 68 valence electrons. The van der Waals surface area contributed by atoms with Crippen molar-refractivity contribution in [2.24, 2.45) is 0 Å². The second-order valence-corrected chi connectivity index (χ2v) is 2.72. The summed E-state index contributed by atoms with van der Waals surface area (Å²) in [7, 11) is 1.43.